The molecule has 4 fully saturated rings. The lowest BCUT2D eigenvalue weighted by molar-refractivity contribution is -0.162. The Labute approximate surface area is 209 Å². The summed E-state index contributed by atoms with van der Waals surface area (Å²) in [5.41, 5.74) is -1.90. The molecule has 3 aliphatic heterocycles. The van der Waals surface area contributed by atoms with Gasteiger partial charge < -0.3 is 24.4 Å². The molecule has 3 unspecified atom stereocenters. The van der Waals surface area contributed by atoms with Gasteiger partial charge in [-0.3, -0.25) is 14.4 Å². The number of aliphatic hydroxyl groups excluding tert-OH is 1. The van der Waals surface area contributed by atoms with E-state index in [1.165, 1.54) is 6.42 Å². The van der Waals surface area contributed by atoms with E-state index in [4.69, 9.17) is 9.47 Å². The number of unbranched alkanes of at least 4 members (excludes halogenated alkanes) is 1. The van der Waals surface area contributed by atoms with Crippen LogP contribution in [0.3, 0.4) is 0 Å². The van der Waals surface area contributed by atoms with Gasteiger partial charge in [-0.2, -0.15) is 0 Å². The highest BCUT2D eigenvalue weighted by atomic mass is 16.6. The van der Waals surface area contributed by atoms with E-state index in [0.29, 0.717) is 32.4 Å². The van der Waals surface area contributed by atoms with Crippen molar-refractivity contribution < 1.29 is 29.0 Å². The van der Waals surface area contributed by atoms with E-state index in [1.807, 2.05) is 18.7 Å². The second-order valence-electron chi connectivity index (χ2n) is 11.0. The molecule has 1 aliphatic carbocycles. The van der Waals surface area contributed by atoms with Crippen LogP contribution < -0.4 is 0 Å². The fourth-order valence-electron chi connectivity index (χ4n) is 7.35. The maximum Gasteiger partial charge on any atom is 0.312 e. The minimum atomic E-state index is -1.05. The van der Waals surface area contributed by atoms with Crippen molar-refractivity contribution in [2.24, 2.45) is 17.8 Å². The van der Waals surface area contributed by atoms with Crippen LogP contribution in [-0.4, -0.2) is 82.3 Å². The number of esters is 1. The average molecular weight is 491 g/mol. The molecule has 1 saturated carbocycles. The fraction of sp³-hybridized carbons (Fsp3) is 0.815. The lowest BCUT2D eigenvalue weighted by Crippen LogP contribution is -2.58. The fourth-order valence-corrected chi connectivity index (χ4v) is 7.35. The number of amides is 2. The summed E-state index contributed by atoms with van der Waals surface area (Å²) >= 11 is 0. The first-order chi connectivity index (χ1) is 16.8. The average Bonchev–Trinajstić information content (AvgIpc) is 3.35. The summed E-state index contributed by atoms with van der Waals surface area (Å²) < 4.78 is 12.2. The summed E-state index contributed by atoms with van der Waals surface area (Å²) in [6.45, 7) is 10.6. The first kappa shape index (κ1) is 26.1. The molecule has 0 aromatic rings. The molecule has 4 aliphatic rings. The summed E-state index contributed by atoms with van der Waals surface area (Å²) in [6.07, 6.45) is 8.66. The van der Waals surface area contributed by atoms with Gasteiger partial charge >= 0.3 is 5.97 Å². The van der Waals surface area contributed by atoms with E-state index in [1.54, 1.807) is 17.9 Å². The molecule has 4 rings (SSSR count). The molecule has 35 heavy (non-hydrogen) atoms. The minimum Gasteiger partial charge on any atom is -0.466 e. The van der Waals surface area contributed by atoms with Crippen LogP contribution in [-0.2, 0) is 23.9 Å². The minimum absolute atomic E-state index is 0.00353. The lowest BCUT2D eigenvalue weighted by Gasteiger charge is -2.41. The SMILES string of the molecule is C=CCN(C(=O)C1N(CCCCO)C(=O)[C@@H]2[C@H](C(=O)OCC)[C@@]3(C)OC12CC3C)C1CCCCC1. The van der Waals surface area contributed by atoms with E-state index < -0.39 is 35.0 Å². The van der Waals surface area contributed by atoms with Crippen LogP contribution in [0.4, 0.5) is 0 Å². The zero-order valence-electron chi connectivity index (χ0n) is 21.5. The van der Waals surface area contributed by atoms with Gasteiger partial charge in [0.05, 0.1) is 18.1 Å². The molecule has 3 saturated heterocycles. The standard InChI is InChI=1S/C27H42N2O6/c1-5-14-28(19-12-8-7-9-13-19)24(32)22-27-17-18(3)26(4,35-27)21(25(33)34-6-2)20(27)23(31)29(22)15-10-11-16-30/h5,18-22,30H,1,6-17H2,2-4H3/t18?,20-,21+,22?,26-,27?/m0/s1. The van der Waals surface area contributed by atoms with Gasteiger partial charge in [-0.25, -0.2) is 0 Å². The van der Waals surface area contributed by atoms with Crippen LogP contribution in [0.15, 0.2) is 12.7 Å². The summed E-state index contributed by atoms with van der Waals surface area (Å²) in [4.78, 5) is 45.1. The quantitative estimate of drug-likeness (QED) is 0.287. The van der Waals surface area contributed by atoms with E-state index in [-0.39, 0.29) is 37.0 Å². The number of hydrogen-bond donors (Lipinski definition) is 1. The Balaban J connectivity index is 1.75. The Hall–Kier alpha value is -1.93. The molecular weight excluding hydrogens is 448 g/mol. The van der Waals surface area contributed by atoms with Crippen molar-refractivity contribution in [1.29, 1.82) is 0 Å². The van der Waals surface area contributed by atoms with E-state index >= 15 is 0 Å². The Morgan fingerprint density at radius 3 is 2.63 bits per heavy atom. The molecule has 8 nitrogen and oxygen atoms in total. The van der Waals surface area contributed by atoms with Crippen molar-refractivity contribution in [2.45, 2.75) is 95.4 Å². The maximum atomic E-state index is 14.4. The van der Waals surface area contributed by atoms with Gasteiger partial charge in [-0.1, -0.05) is 32.3 Å². The van der Waals surface area contributed by atoms with E-state index in [2.05, 4.69) is 6.58 Å². The molecule has 1 spiro atoms. The molecule has 1 N–H and O–H groups in total. The van der Waals surface area contributed by atoms with Crippen molar-refractivity contribution >= 4 is 17.8 Å². The Bertz CT molecular complexity index is 842. The Morgan fingerprint density at radius 1 is 1.29 bits per heavy atom. The number of rotatable bonds is 10. The summed E-state index contributed by atoms with van der Waals surface area (Å²) in [7, 11) is 0. The van der Waals surface area contributed by atoms with E-state index in [0.717, 1.165) is 25.7 Å². The number of hydrogen-bond acceptors (Lipinski definition) is 6. The number of ether oxygens (including phenoxy) is 2. The number of carbonyl (C=O) groups is 3. The summed E-state index contributed by atoms with van der Waals surface area (Å²) in [5.74, 6) is -2.19. The van der Waals surface area contributed by atoms with Crippen molar-refractivity contribution in [3.8, 4) is 0 Å². The topological polar surface area (TPSA) is 96.4 Å². The first-order valence-corrected chi connectivity index (χ1v) is 13.5. The predicted octanol–water partition coefficient (Wildman–Crippen LogP) is 2.68. The number of nitrogens with zero attached hydrogens (tertiary/aromatic N) is 2. The molecule has 0 radical (unpaired) electrons. The second-order valence-corrected chi connectivity index (χ2v) is 11.0. The van der Waals surface area contributed by atoms with Gasteiger partial charge in [0, 0.05) is 25.7 Å². The van der Waals surface area contributed by atoms with Gasteiger partial charge in [-0.15, -0.1) is 6.58 Å². The molecule has 196 valence electrons. The van der Waals surface area contributed by atoms with Crippen LogP contribution >= 0.6 is 0 Å². The molecule has 2 amide bonds. The van der Waals surface area contributed by atoms with Crippen molar-refractivity contribution in [3.05, 3.63) is 12.7 Å². The number of fused-ring (bicyclic) bond motifs is 1. The summed E-state index contributed by atoms with van der Waals surface area (Å²) in [6, 6.07) is -0.671. The zero-order chi connectivity index (χ0) is 25.4. The van der Waals surface area contributed by atoms with Crippen LogP contribution in [0, 0.1) is 17.8 Å². The van der Waals surface area contributed by atoms with Gasteiger partial charge in [0.25, 0.3) is 0 Å². The first-order valence-electron chi connectivity index (χ1n) is 13.5. The van der Waals surface area contributed by atoms with E-state index in [9.17, 15) is 19.5 Å². The normalized spacial score (nSPS) is 36.3. The lowest BCUT2D eigenvalue weighted by atomic mass is 9.62. The van der Waals surface area contributed by atoms with Gasteiger partial charge in [0.2, 0.25) is 11.8 Å². The van der Waals surface area contributed by atoms with Gasteiger partial charge in [0.1, 0.15) is 17.6 Å². The molecule has 6 atom stereocenters. The Morgan fingerprint density at radius 2 is 2.00 bits per heavy atom. The number of carbonyl (C=O) groups excluding carboxylic acids is 3. The van der Waals surface area contributed by atoms with Crippen molar-refractivity contribution in [1.82, 2.24) is 9.80 Å². The number of aliphatic hydroxyl groups is 1. The van der Waals surface area contributed by atoms with Gasteiger partial charge in [0.15, 0.2) is 0 Å². The zero-order valence-corrected chi connectivity index (χ0v) is 21.5. The second kappa shape index (κ2) is 10.2. The largest absolute Gasteiger partial charge is 0.466 e. The third kappa shape index (κ3) is 4.10. The highest BCUT2D eigenvalue weighted by Crippen LogP contribution is 2.65. The van der Waals surface area contributed by atoms with Crippen LogP contribution in [0.5, 0.6) is 0 Å². The third-order valence-electron chi connectivity index (χ3n) is 9.02. The third-order valence-corrected chi connectivity index (χ3v) is 9.02. The van der Waals surface area contributed by atoms with Crippen LogP contribution in [0.1, 0.15) is 72.1 Å². The van der Waals surface area contributed by atoms with Crippen LogP contribution in [0.2, 0.25) is 0 Å². The molecule has 8 heteroatoms. The molecular formula is C27H42N2O6. The van der Waals surface area contributed by atoms with Gasteiger partial charge in [-0.05, 0) is 51.9 Å². The predicted molar refractivity (Wildman–Crippen MR) is 130 cm³/mol. The number of likely N-dealkylation sites (tertiary alicyclic amines) is 1. The highest BCUT2D eigenvalue weighted by Gasteiger charge is 2.80. The summed E-state index contributed by atoms with van der Waals surface area (Å²) in [5, 5.41) is 9.34. The monoisotopic (exact) mass is 490 g/mol. The highest BCUT2D eigenvalue weighted by molar-refractivity contribution is 5.98. The van der Waals surface area contributed by atoms with Crippen molar-refractivity contribution in [2.75, 3.05) is 26.3 Å². The van der Waals surface area contributed by atoms with Crippen molar-refractivity contribution in [3.63, 3.8) is 0 Å². The Kier molecular flexibility index (Phi) is 7.62. The smallest absolute Gasteiger partial charge is 0.312 e. The molecule has 0 aromatic heterocycles. The molecule has 3 heterocycles. The van der Waals surface area contributed by atoms with Crippen LogP contribution in [0.25, 0.3) is 0 Å². The maximum absolute atomic E-state index is 14.4. The molecule has 0 aromatic carbocycles. The molecule has 2 bridgehead atoms.